The van der Waals surface area contributed by atoms with E-state index < -0.39 is 0 Å². The van der Waals surface area contributed by atoms with Crippen molar-refractivity contribution in [2.24, 2.45) is 0 Å². The summed E-state index contributed by atoms with van der Waals surface area (Å²) in [6.45, 7) is 0. The fourth-order valence-electron chi connectivity index (χ4n) is 0.970. The summed E-state index contributed by atoms with van der Waals surface area (Å²) in [4.78, 5) is 1.22. The lowest BCUT2D eigenvalue weighted by atomic mass is 10.2. The molecule has 1 heterocycles. The van der Waals surface area contributed by atoms with Gasteiger partial charge in [0.05, 0.1) is 4.90 Å². The van der Waals surface area contributed by atoms with Crippen LogP contribution in [0.2, 0.25) is 0 Å². The highest BCUT2D eigenvalue weighted by Crippen LogP contribution is 2.21. The van der Waals surface area contributed by atoms with Gasteiger partial charge in [0.25, 0.3) is 18.2 Å². The van der Waals surface area contributed by atoms with Crippen molar-refractivity contribution in [2.75, 3.05) is 0 Å². The summed E-state index contributed by atoms with van der Waals surface area (Å²) >= 11 is 1.52. The van der Waals surface area contributed by atoms with Crippen molar-refractivity contribution in [3.63, 3.8) is 0 Å². The molecule has 1 nitrogen and oxygen atoms in total. The highest BCUT2D eigenvalue weighted by molar-refractivity contribution is 7.97. The molecule has 1 aliphatic heterocycles. The Morgan fingerprint density at radius 2 is 2.09 bits per heavy atom. The molecule has 53 valence electrons. The van der Waals surface area contributed by atoms with Crippen molar-refractivity contribution in [2.45, 2.75) is 4.90 Å². The van der Waals surface area contributed by atoms with Crippen LogP contribution < -0.4 is 4.40 Å². The second kappa shape index (κ2) is 2.93. The largest absolute Gasteiger partial charge is 0.275 e. The van der Waals surface area contributed by atoms with Crippen LogP contribution in [-0.4, -0.2) is 6.21 Å². The molecule has 0 fully saturated rings. The van der Waals surface area contributed by atoms with Gasteiger partial charge in [-0.25, -0.2) is 0 Å². The fraction of sp³-hybridized carbons (Fsp3) is 0. The van der Waals surface area contributed by atoms with Gasteiger partial charge in [-0.05, 0) is 17.7 Å². The molecule has 0 aliphatic carbocycles. The van der Waals surface area contributed by atoms with Crippen LogP contribution in [-0.2, 0) is 0 Å². The van der Waals surface area contributed by atoms with E-state index in [2.05, 4.69) is 22.6 Å². The van der Waals surface area contributed by atoms with E-state index in [1.165, 1.54) is 22.4 Å². The molecular weight excluding hydrogens is 154 g/mol. The highest BCUT2D eigenvalue weighted by Gasteiger charge is 2.08. The molecule has 1 aromatic carbocycles. The van der Waals surface area contributed by atoms with E-state index in [1.807, 2.05) is 24.4 Å². The third kappa shape index (κ3) is 1.35. The Labute approximate surface area is 70.0 Å². The number of rotatable bonds is 0. The molecule has 0 aromatic heterocycles. The lowest BCUT2D eigenvalue weighted by Gasteiger charge is -1.92. The van der Waals surface area contributed by atoms with E-state index in [1.54, 1.807) is 0 Å². The molecule has 2 rings (SSSR count). The number of hydrogen-bond acceptors (Lipinski definition) is 2. The van der Waals surface area contributed by atoms with Gasteiger partial charge in [-0.1, -0.05) is 18.2 Å². The third-order valence-electron chi connectivity index (χ3n) is 1.49. The monoisotopic (exact) mass is 161 g/mol. The first-order valence-corrected chi connectivity index (χ1v) is 4.20. The van der Waals surface area contributed by atoms with Crippen LogP contribution >= 0.6 is 11.9 Å². The van der Waals surface area contributed by atoms with Gasteiger partial charge in [0.2, 0.25) is 0 Å². The molecule has 0 N–H and O–H groups in total. The van der Waals surface area contributed by atoms with Gasteiger partial charge in [0.1, 0.15) is 4.40 Å². The van der Waals surface area contributed by atoms with Crippen molar-refractivity contribution < 1.29 is 0 Å². The van der Waals surface area contributed by atoms with E-state index >= 15 is 0 Å². The molecule has 0 atom stereocenters. The zero-order valence-corrected chi connectivity index (χ0v) is 6.71. The Kier molecular flexibility index (Phi) is 1.78. The summed E-state index contributed by atoms with van der Waals surface area (Å²) < 4.78 is 4.12. The van der Waals surface area contributed by atoms with E-state index in [0.717, 1.165) is 0 Å². The minimum absolute atomic E-state index is 1.22. The second-order valence-corrected chi connectivity index (χ2v) is 3.08. The van der Waals surface area contributed by atoms with E-state index in [0.29, 0.717) is 0 Å². The maximum Gasteiger partial charge on any atom is 0.275 e. The van der Waals surface area contributed by atoms with Crippen LogP contribution in [0.3, 0.4) is 0 Å². The Morgan fingerprint density at radius 3 is 3.09 bits per heavy atom. The minimum Gasteiger partial charge on any atom is -0.0616 e. The molecular formula is C9H7NS+. The number of nitrogens with zero attached hydrogens (tertiary/aromatic N) is 1. The van der Waals surface area contributed by atoms with Crippen LogP contribution in [0.1, 0.15) is 5.56 Å². The maximum atomic E-state index is 4.12. The van der Waals surface area contributed by atoms with Crippen LogP contribution in [0, 0.1) is 0 Å². The van der Waals surface area contributed by atoms with Gasteiger partial charge in [0.15, 0.2) is 0 Å². The standard InChI is InChI=1S/C9H7NS/c1-2-6-9-8(4-1)5-3-7-10-11-9/h1-7H/q+1. The molecule has 0 saturated carbocycles. The quantitative estimate of drug-likeness (QED) is 0.532. The number of fused-ring (bicyclic) bond motifs is 1. The number of benzene rings is 1. The van der Waals surface area contributed by atoms with Gasteiger partial charge in [-0.15, -0.1) is 0 Å². The smallest absolute Gasteiger partial charge is 0.0616 e. The van der Waals surface area contributed by atoms with Crippen LogP contribution in [0.5, 0.6) is 0 Å². The third-order valence-corrected chi connectivity index (χ3v) is 2.29. The molecule has 0 spiro atoms. The molecule has 0 amide bonds. The van der Waals surface area contributed by atoms with Crippen molar-refractivity contribution >= 4 is 24.2 Å². The van der Waals surface area contributed by atoms with Crippen LogP contribution in [0.15, 0.2) is 35.2 Å². The topological polar surface area (TPSA) is 14.1 Å². The molecule has 11 heavy (non-hydrogen) atoms. The first-order valence-electron chi connectivity index (χ1n) is 3.43. The summed E-state index contributed by atoms with van der Waals surface area (Å²) in [6.07, 6.45) is 5.84. The van der Waals surface area contributed by atoms with Gasteiger partial charge in [-0.2, -0.15) is 0 Å². The van der Waals surface area contributed by atoms with E-state index in [-0.39, 0.29) is 0 Å². The lowest BCUT2D eigenvalue weighted by Crippen LogP contribution is -1.77. The van der Waals surface area contributed by atoms with Gasteiger partial charge in [0, 0.05) is 6.08 Å². The molecule has 2 heteroatoms. The van der Waals surface area contributed by atoms with Gasteiger partial charge >= 0.3 is 0 Å². The molecule has 1 aromatic rings. The first kappa shape index (κ1) is 6.68. The Bertz CT molecular complexity index is 315. The minimum atomic E-state index is 1.22. The Hall–Kier alpha value is -1.02. The van der Waals surface area contributed by atoms with Crippen molar-refractivity contribution in [3.8, 4) is 0 Å². The predicted molar refractivity (Wildman–Crippen MR) is 49.5 cm³/mol. The molecule has 0 unspecified atom stereocenters. The highest BCUT2D eigenvalue weighted by atomic mass is 32.2. The normalized spacial score (nSPS) is 14.2. The summed E-state index contributed by atoms with van der Waals surface area (Å²) in [7, 11) is 0. The summed E-state index contributed by atoms with van der Waals surface area (Å²) in [5, 5.41) is 0. The number of hydrogen-bond donors (Lipinski definition) is 0. The summed E-state index contributed by atoms with van der Waals surface area (Å²) in [5.41, 5.74) is 1.25. The Morgan fingerprint density at radius 1 is 1.18 bits per heavy atom. The van der Waals surface area contributed by atoms with Gasteiger partial charge < -0.3 is 0 Å². The average Bonchev–Trinajstić information content (AvgIpc) is 2.28. The molecule has 0 saturated heterocycles. The number of allylic oxidation sites excluding steroid dienone is 1. The molecule has 1 radical (unpaired) electrons. The zero-order valence-electron chi connectivity index (χ0n) is 5.90. The van der Waals surface area contributed by atoms with E-state index in [9.17, 15) is 0 Å². The predicted octanol–water partition coefficient (Wildman–Crippen LogP) is 2.13. The second-order valence-electron chi connectivity index (χ2n) is 2.24. The van der Waals surface area contributed by atoms with Gasteiger partial charge in [-0.3, -0.25) is 0 Å². The first-order chi connectivity index (χ1) is 5.47. The molecule has 1 aliphatic rings. The summed E-state index contributed by atoms with van der Waals surface area (Å²) in [5.74, 6) is 0. The molecule has 0 bridgehead atoms. The maximum absolute atomic E-state index is 4.12. The van der Waals surface area contributed by atoms with Crippen molar-refractivity contribution in [3.05, 3.63) is 35.9 Å². The van der Waals surface area contributed by atoms with Crippen molar-refractivity contribution in [1.82, 2.24) is 4.40 Å². The summed E-state index contributed by atoms with van der Waals surface area (Å²) in [6, 6.07) is 8.23. The average molecular weight is 161 g/mol. The zero-order chi connectivity index (χ0) is 7.52. The van der Waals surface area contributed by atoms with E-state index in [4.69, 9.17) is 0 Å². The fourth-order valence-corrected chi connectivity index (χ4v) is 1.60. The van der Waals surface area contributed by atoms with Crippen molar-refractivity contribution in [1.29, 1.82) is 0 Å². The van der Waals surface area contributed by atoms with Crippen LogP contribution in [0.4, 0.5) is 0 Å². The lowest BCUT2D eigenvalue weighted by molar-refractivity contribution is 1.42. The van der Waals surface area contributed by atoms with Crippen LogP contribution in [0.25, 0.3) is 6.08 Å². The SMILES string of the molecule is C1=Cc2ccccc2S[N+]=C1. The Balaban J connectivity index is 2.52.